The molecule has 0 saturated carbocycles. The first kappa shape index (κ1) is 15.7. The number of hydrogen-bond acceptors (Lipinski definition) is 4. The number of carboxylic acid groups (broad SMARTS) is 1. The molecule has 20 heavy (non-hydrogen) atoms. The van der Waals surface area contributed by atoms with Crippen LogP contribution in [0.1, 0.15) is 11.8 Å². The maximum absolute atomic E-state index is 12.0. The highest BCUT2D eigenvalue weighted by Gasteiger charge is 2.36. The number of nitrogens with zero attached hydrogens (tertiary/aromatic N) is 1. The van der Waals surface area contributed by atoms with E-state index >= 15 is 0 Å². The lowest BCUT2D eigenvalue weighted by molar-refractivity contribution is -0.142. The predicted molar refractivity (Wildman–Crippen MR) is 82.4 cm³/mol. The number of hydrogen-bond donors (Lipinski definition) is 1. The largest absolute Gasteiger partial charge is 0.481 e. The highest BCUT2D eigenvalue weighted by Crippen LogP contribution is 2.27. The molecule has 1 aromatic heterocycles. The highest BCUT2D eigenvalue weighted by atomic mass is 35.5. The molecule has 1 aromatic rings. The second-order valence-corrected chi connectivity index (χ2v) is 7.70. The van der Waals surface area contributed by atoms with E-state index in [-0.39, 0.29) is 11.8 Å². The Morgan fingerprint density at radius 2 is 2.25 bits per heavy atom. The molecule has 0 bridgehead atoms. The molecule has 7 heteroatoms. The molecule has 0 aromatic carbocycles. The van der Waals surface area contributed by atoms with Gasteiger partial charge in [0.05, 0.1) is 16.0 Å². The van der Waals surface area contributed by atoms with Crippen LogP contribution in [0.25, 0.3) is 0 Å². The zero-order chi connectivity index (χ0) is 14.7. The van der Waals surface area contributed by atoms with Crippen molar-refractivity contribution in [1.82, 2.24) is 4.90 Å². The van der Waals surface area contributed by atoms with Gasteiger partial charge in [-0.05, 0) is 18.1 Å². The van der Waals surface area contributed by atoms with Gasteiger partial charge in [-0.1, -0.05) is 18.5 Å². The number of likely N-dealkylation sites (tertiary alicyclic amines) is 1. The average molecular weight is 334 g/mol. The van der Waals surface area contributed by atoms with Gasteiger partial charge in [0.15, 0.2) is 0 Å². The molecule has 1 fully saturated rings. The lowest BCUT2D eigenvalue weighted by atomic mass is 9.99. The smallest absolute Gasteiger partial charge is 0.308 e. The Morgan fingerprint density at radius 1 is 1.50 bits per heavy atom. The van der Waals surface area contributed by atoms with Crippen LogP contribution in [-0.2, 0) is 15.3 Å². The molecule has 2 heterocycles. The summed E-state index contributed by atoms with van der Waals surface area (Å²) >= 11 is 8.90. The van der Waals surface area contributed by atoms with Crippen LogP contribution < -0.4 is 0 Å². The van der Waals surface area contributed by atoms with Crippen LogP contribution >= 0.6 is 34.7 Å². The van der Waals surface area contributed by atoms with E-state index in [1.54, 1.807) is 4.90 Å². The molecule has 2 rings (SSSR count). The molecular weight excluding hydrogens is 318 g/mol. The first-order valence-corrected chi connectivity index (χ1v) is 8.65. The van der Waals surface area contributed by atoms with Gasteiger partial charge in [0.1, 0.15) is 0 Å². The second kappa shape index (κ2) is 6.83. The van der Waals surface area contributed by atoms with Crippen molar-refractivity contribution in [3.63, 3.8) is 0 Å². The zero-order valence-corrected chi connectivity index (χ0v) is 13.4. The number of halogens is 1. The molecule has 1 aliphatic rings. The van der Waals surface area contributed by atoms with Crippen molar-refractivity contribution < 1.29 is 14.7 Å². The number of carboxylic acids is 1. The lowest BCUT2D eigenvalue weighted by Crippen LogP contribution is -2.31. The Bertz CT molecular complexity index is 506. The van der Waals surface area contributed by atoms with Crippen molar-refractivity contribution in [2.45, 2.75) is 12.7 Å². The summed E-state index contributed by atoms with van der Waals surface area (Å²) in [5.41, 5.74) is 0. The minimum atomic E-state index is -0.811. The summed E-state index contributed by atoms with van der Waals surface area (Å²) in [5, 5.41) is 9.06. The molecule has 4 nitrogen and oxygen atoms in total. The topological polar surface area (TPSA) is 57.6 Å². The summed E-state index contributed by atoms with van der Waals surface area (Å²) in [6, 6.07) is 3.81. The minimum Gasteiger partial charge on any atom is -0.481 e. The number of rotatable bonds is 5. The molecule has 110 valence electrons. The van der Waals surface area contributed by atoms with Crippen LogP contribution in [0, 0.1) is 11.8 Å². The van der Waals surface area contributed by atoms with Crippen LogP contribution in [0.4, 0.5) is 0 Å². The quantitative estimate of drug-likeness (QED) is 0.900. The first-order valence-electron chi connectivity index (χ1n) is 6.30. The monoisotopic (exact) mass is 333 g/mol. The van der Waals surface area contributed by atoms with Crippen molar-refractivity contribution in [2.24, 2.45) is 11.8 Å². The molecule has 1 saturated heterocycles. The Hall–Kier alpha value is -0.720. The second-order valence-electron chi connectivity index (χ2n) is 4.92. The van der Waals surface area contributed by atoms with Crippen molar-refractivity contribution in [3.8, 4) is 0 Å². The van der Waals surface area contributed by atoms with Gasteiger partial charge in [0, 0.05) is 23.7 Å². The fourth-order valence-corrected chi connectivity index (χ4v) is 4.38. The van der Waals surface area contributed by atoms with Crippen LogP contribution in [-0.4, -0.2) is 40.7 Å². The number of carbonyl (C=O) groups excluding carboxylic acids is 1. The maximum atomic E-state index is 12.0. The van der Waals surface area contributed by atoms with E-state index in [0.717, 1.165) is 15.0 Å². The SMILES string of the molecule is CC1CN(C(=O)CSCc2ccc(Cl)s2)CC1C(=O)O. The molecule has 1 N–H and O–H groups in total. The lowest BCUT2D eigenvalue weighted by Gasteiger charge is -2.15. The summed E-state index contributed by atoms with van der Waals surface area (Å²) in [4.78, 5) is 25.9. The summed E-state index contributed by atoms with van der Waals surface area (Å²) in [6.07, 6.45) is 0. The zero-order valence-electron chi connectivity index (χ0n) is 11.0. The molecule has 0 radical (unpaired) electrons. The number of thioether (sulfide) groups is 1. The molecule has 2 atom stereocenters. The van der Waals surface area contributed by atoms with Crippen molar-refractivity contribution in [3.05, 3.63) is 21.3 Å². The van der Waals surface area contributed by atoms with E-state index in [1.807, 2.05) is 19.1 Å². The molecule has 0 spiro atoms. The third-order valence-electron chi connectivity index (χ3n) is 3.38. The molecule has 1 amide bonds. The van der Waals surface area contributed by atoms with Crippen molar-refractivity contribution in [2.75, 3.05) is 18.8 Å². The molecule has 0 aliphatic carbocycles. The summed E-state index contributed by atoms with van der Waals surface area (Å²) in [7, 11) is 0. The number of amides is 1. The van der Waals surface area contributed by atoms with Gasteiger partial charge in [-0.15, -0.1) is 23.1 Å². The van der Waals surface area contributed by atoms with Crippen LogP contribution in [0.15, 0.2) is 12.1 Å². The molecule has 1 aliphatic heterocycles. The minimum absolute atomic E-state index is 0.0215. The number of aliphatic carboxylic acids is 1. The van der Waals surface area contributed by atoms with Gasteiger partial charge >= 0.3 is 5.97 Å². The predicted octanol–water partition coefficient (Wildman–Crippen LogP) is 2.81. The van der Waals surface area contributed by atoms with Crippen molar-refractivity contribution in [1.29, 1.82) is 0 Å². The van der Waals surface area contributed by atoms with Gasteiger partial charge < -0.3 is 10.0 Å². The molecule has 2 unspecified atom stereocenters. The standard InChI is InChI=1S/C13H16ClNO3S2/c1-8-4-15(5-10(8)13(17)18)12(16)7-19-6-9-2-3-11(14)20-9/h2-3,8,10H,4-7H2,1H3,(H,17,18). The van der Waals surface area contributed by atoms with Gasteiger partial charge in [-0.3, -0.25) is 9.59 Å². The number of carbonyl (C=O) groups is 2. The van der Waals surface area contributed by atoms with E-state index in [0.29, 0.717) is 18.8 Å². The van der Waals surface area contributed by atoms with Crippen LogP contribution in [0.2, 0.25) is 4.34 Å². The fraction of sp³-hybridized carbons (Fsp3) is 0.538. The average Bonchev–Trinajstić information content (AvgIpc) is 2.95. The van der Waals surface area contributed by atoms with Crippen LogP contribution in [0.3, 0.4) is 0 Å². The third kappa shape index (κ3) is 3.90. The Kier molecular flexibility index (Phi) is 5.35. The van der Waals surface area contributed by atoms with Gasteiger partial charge in [0.25, 0.3) is 0 Å². The van der Waals surface area contributed by atoms with Crippen LogP contribution in [0.5, 0.6) is 0 Å². The van der Waals surface area contributed by atoms with Gasteiger partial charge in [-0.2, -0.15) is 0 Å². The van der Waals surface area contributed by atoms with Gasteiger partial charge in [-0.25, -0.2) is 0 Å². The third-order valence-corrected chi connectivity index (χ3v) is 5.76. The maximum Gasteiger partial charge on any atom is 0.308 e. The van der Waals surface area contributed by atoms with E-state index in [9.17, 15) is 9.59 Å². The summed E-state index contributed by atoms with van der Waals surface area (Å²) in [6.45, 7) is 2.76. The van der Waals surface area contributed by atoms with E-state index in [1.165, 1.54) is 23.1 Å². The molecular formula is C13H16ClNO3S2. The van der Waals surface area contributed by atoms with E-state index in [4.69, 9.17) is 16.7 Å². The summed E-state index contributed by atoms with van der Waals surface area (Å²) in [5.74, 6) is -0.0526. The summed E-state index contributed by atoms with van der Waals surface area (Å²) < 4.78 is 0.754. The Balaban J connectivity index is 1.77. The van der Waals surface area contributed by atoms with Gasteiger partial charge in [0.2, 0.25) is 5.91 Å². The number of thiophene rings is 1. The van der Waals surface area contributed by atoms with E-state index in [2.05, 4.69) is 0 Å². The fourth-order valence-electron chi connectivity index (χ4n) is 2.25. The van der Waals surface area contributed by atoms with Crippen molar-refractivity contribution >= 4 is 46.6 Å². The Morgan fingerprint density at radius 3 is 2.80 bits per heavy atom. The Labute approximate surface area is 131 Å². The first-order chi connectivity index (χ1) is 9.47. The highest BCUT2D eigenvalue weighted by molar-refractivity contribution is 7.99. The van der Waals surface area contributed by atoms with E-state index < -0.39 is 11.9 Å². The normalized spacial score (nSPS) is 22.2.